The molecule has 0 radical (unpaired) electrons. The van der Waals surface area contributed by atoms with Gasteiger partial charge < -0.3 is 0 Å². The average Bonchev–Trinajstić information content (AvgIpc) is 3.28. The van der Waals surface area contributed by atoms with Crippen molar-refractivity contribution in [1.29, 1.82) is 0 Å². The van der Waals surface area contributed by atoms with E-state index in [-0.39, 0.29) is 6.04 Å². The Morgan fingerprint density at radius 3 is 2.57 bits per heavy atom. The van der Waals surface area contributed by atoms with E-state index in [0.29, 0.717) is 12.1 Å². The van der Waals surface area contributed by atoms with Crippen molar-refractivity contribution >= 4 is 34.1 Å². The van der Waals surface area contributed by atoms with Crippen LogP contribution in [0.3, 0.4) is 0 Å². The van der Waals surface area contributed by atoms with Gasteiger partial charge in [0.15, 0.2) is 5.82 Å². The molecule has 1 atom stereocenters. The third-order valence-corrected chi connectivity index (χ3v) is 5.64. The molecule has 2 nitrogen and oxygen atoms in total. The first-order valence-corrected chi connectivity index (χ1v) is 8.87. The fourth-order valence-corrected chi connectivity index (χ4v) is 4.23. The summed E-state index contributed by atoms with van der Waals surface area (Å²) in [5, 5.41) is 10.3. The number of rotatable bonds is 3. The molecule has 3 heterocycles. The Morgan fingerprint density at radius 2 is 1.87 bits per heavy atom. The largest absolute Gasteiger partial charge is 0.254 e. The molecule has 0 saturated carbocycles. The maximum absolute atomic E-state index is 14.2. The van der Waals surface area contributed by atoms with E-state index in [2.05, 4.69) is 5.10 Å². The quantitative estimate of drug-likeness (QED) is 0.616. The minimum absolute atomic E-state index is 0.0629. The third kappa shape index (κ3) is 2.68. The zero-order valence-corrected chi connectivity index (χ0v) is 13.6. The summed E-state index contributed by atoms with van der Waals surface area (Å²) in [5.74, 6) is -1.18. The number of thiophene rings is 2. The van der Waals surface area contributed by atoms with Crippen LogP contribution in [0, 0.1) is 11.6 Å². The zero-order chi connectivity index (χ0) is 15.8. The first kappa shape index (κ1) is 14.5. The molecular formula is C17H12F2N2S2. The van der Waals surface area contributed by atoms with E-state index < -0.39 is 11.6 Å². The second kappa shape index (κ2) is 5.86. The Labute approximate surface area is 140 Å². The molecule has 0 bridgehead atoms. The topological polar surface area (TPSA) is 15.6 Å². The molecule has 1 aliphatic rings. The molecule has 2 aromatic heterocycles. The second-order valence-corrected chi connectivity index (χ2v) is 7.13. The van der Waals surface area contributed by atoms with Crippen molar-refractivity contribution in [2.24, 2.45) is 5.10 Å². The van der Waals surface area contributed by atoms with Crippen LogP contribution in [0.4, 0.5) is 14.5 Å². The van der Waals surface area contributed by atoms with Gasteiger partial charge in [0.2, 0.25) is 0 Å². The van der Waals surface area contributed by atoms with Gasteiger partial charge in [-0.05, 0) is 35.0 Å². The number of benzene rings is 1. The number of nitrogens with zero attached hydrogens (tertiary/aromatic N) is 2. The lowest BCUT2D eigenvalue weighted by molar-refractivity contribution is 0.574. The molecule has 116 valence electrons. The van der Waals surface area contributed by atoms with Crippen molar-refractivity contribution in [1.82, 2.24) is 0 Å². The van der Waals surface area contributed by atoms with Gasteiger partial charge in [-0.3, -0.25) is 5.01 Å². The predicted molar refractivity (Wildman–Crippen MR) is 91.4 cm³/mol. The summed E-state index contributed by atoms with van der Waals surface area (Å²) in [6.45, 7) is 0. The molecule has 0 aliphatic carbocycles. The highest BCUT2D eigenvalue weighted by Crippen LogP contribution is 2.39. The maximum atomic E-state index is 14.2. The Hall–Kier alpha value is -2.05. The fraction of sp³-hybridized carbons (Fsp3) is 0.118. The molecule has 0 saturated heterocycles. The predicted octanol–water partition coefficient (Wildman–Crippen LogP) is 5.44. The summed E-state index contributed by atoms with van der Waals surface area (Å²) in [6, 6.07) is 11.5. The number of hydrogen-bond donors (Lipinski definition) is 0. The number of hydrazone groups is 1. The minimum Gasteiger partial charge on any atom is -0.254 e. The standard InChI is InChI=1S/C17H12F2N2S2/c18-11-5-6-14(12(19)9-11)21-15(17-4-2-8-23-17)10-13(20-21)16-3-1-7-22-16/h1-9,15H,10H2/t15-/m1/s1. The molecule has 0 N–H and O–H groups in total. The lowest BCUT2D eigenvalue weighted by atomic mass is 10.1. The highest BCUT2D eigenvalue weighted by Gasteiger charge is 2.32. The number of anilines is 1. The van der Waals surface area contributed by atoms with E-state index >= 15 is 0 Å². The Balaban J connectivity index is 1.78. The van der Waals surface area contributed by atoms with Crippen LogP contribution in [-0.2, 0) is 0 Å². The number of hydrogen-bond acceptors (Lipinski definition) is 4. The summed E-state index contributed by atoms with van der Waals surface area (Å²) in [5.41, 5.74) is 1.23. The van der Waals surface area contributed by atoms with Crippen LogP contribution >= 0.6 is 22.7 Å². The first-order valence-electron chi connectivity index (χ1n) is 7.11. The molecule has 4 rings (SSSR count). The van der Waals surface area contributed by atoms with E-state index in [1.54, 1.807) is 27.7 Å². The molecule has 0 spiro atoms. The van der Waals surface area contributed by atoms with Gasteiger partial charge in [-0.25, -0.2) is 8.78 Å². The molecule has 3 aromatic rings. The van der Waals surface area contributed by atoms with Crippen LogP contribution < -0.4 is 5.01 Å². The fourth-order valence-electron chi connectivity index (χ4n) is 2.69. The van der Waals surface area contributed by atoms with Crippen LogP contribution in [0.1, 0.15) is 22.2 Å². The van der Waals surface area contributed by atoms with Gasteiger partial charge in [0.1, 0.15) is 5.82 Å². The maximum Gasteiger partial charge on any atom is 0.151 e. The zero-order valence-electron chi connectivity index (χ0n) is 11.9. The highest BCUT2D eigenvalue weighted by atomic mass is 32.1. The van der Waals surface area contributed by atoms with Gasteiger partial charge in [0.05, 0.1) is 22.3 Å². The van der Waals surface area contributed by atoms with Gasteiger partial charge in [0.25, 0.3) is 0 Å². The smallest absolute Gasteiger partial charge is 0.151 e. The van der Waals surface area contributed by atoms with Crippen LogP contribution in [0.2, 0.25) is 0 Å². The van der Waals surface area contributed by atoms with Crippen molar-refractivity contribution in [3.8, 4) is 0 Å². The lowest BCUT2D eigenvalue weighted by Crippen LogP contribution is -2.18. The third-order valence-electron chi connectivity index (χ3n) is 3.74. The summed E-state index contributed by atoms with van der Waals surface area (Å²) < 4.78 is 27.5. The van der Waals surface area contributed by atoms with Gasteiger partial charge in [0, 0.05) is 17.4 Å². The Morgan fingerprint density at radius 1 is 1.04 bits per heavy atom. The average molecular weight is 346 g/mol. The van der Waals surface area contributed by atoms with Crippen LogP contribution in [0.25, 0.3) is 0 Å². The van der Waals surface area contributed by atoms with Gasteiger partial charge in [-0.1, -0.05) is 12.1 Å². The molecule has 0 amide bonds. The van der Waals surface area contributed by atoms with Crippen LogP contribution in [-0.4, -0.2) is 5.71 Å². The van der Waals surface area contributed by atoms with Crippen LogP contribution in [0.15, 0.2) is 58.3 Å². The van der Waals surface area contributed by atoms with E-state index in [1.807, 2.05) is 35.0 Å². The van der Waals surface area contributed by atoms with Crippen molar-refractivity contribution in [2.45, 2.75) is 12.5 Å². The van der Waals surface area contributed by atoms with Gasteiger partial charge in [-0.2, -0.15) is 5.10 Å². The molecule has 6 heteroatoms. The molecule has 0 fully saturated rings. The Kier molecular flexibility index (Phi) is 3.71. The summed E-state index contributed by atoms with van der Waals surface area (Å²) in [7, 11) is 0. The van der Waals surface area contributed by atoms with Crippen molar-refractivity contribution < 1.29 is 8.78 Å². The molecule has 23 heavy (non-hydrogen) atoms. The highest BCUT2D eigenvalue weighted by molar-refractivity contribution is 7.12. The van der Waals surface area contributed by atoms with Crippen molar-refractivity contribution in [3.05, 3.63) is 74.6 Å². The monoisotopic (exact) mass is 346 g/mol. The minimum atomic E-state index is -0.595. The summed E-state index contributed by atoms with van der Waals surface area (Å²) in [6.07, 6.45) is 0.706. The molecule has 0 unspecified atom stereocenters. The summed E-state index contributed by atoms with van der Waals surface area (Å²) in [4.78, 5) is 2.20. The van der Waals surface area contributed by atoms with E-state index in [0.717, 1.165) is 21.5 Å². The summed E-state index contributed by atoms with van der Waals surface area (Å²) >= 11 is 3.23. The molecule has 1 aromatic carbocycles. The lowest BCUT2D eigenvalue weighted by Gasteiger charge is -2.23. The van der Waals surface area contributed by atoms with Gasteiger partial charge >= 0.3 is 0 Å². The number of halogens is 2. The second-order valence-electron chi connectivity index (χ2n) is 5.20. The van der Waals surface area contributed by atoms with Gasteiger partial charge in [-0.15, -0.1) is 22.7 Å². The Bertz CT molecular complexity index is 842. The van der Waals surface area contributed by atoms with E-state index in [1.165, 1.54) is 12.1 Å². The van der Waals surface area contributed by atoms with Crippen molar-refractivity contribution in [3.63, 3.8) is 0 Å². The van der Waals surface area contributed by atoms with E-state index in [9.17, 15) is 8.78 Å². The van der Waals surface area contributed by atoms with Crippen LogP contribution in [0.5, 0.6) is 0 Å². The SMILES string of the molecule is Fc1ccc(N2N=C(c3cccs3)C[C@@H]2c2cccs2)c(F)c1. The van der Waals surface area contributed by atoms with Crippen molar-refractivity contribution in [2.75, 3.05) is 5.01 Å². The first-order chi connectivity index (χ1) is 11.2. The molecule has 1 aliphatic heterocycles. The molecular weight excluding hydrogens is 334 g/mol. The normalized spacial score (nSPS) is 17.6. The van der Waals surface area contributed by atoms with E-state index in [4.69, 9.17) is 0 Å².